The molecule has 1 amide bonds. The monoisotopic (exact) mass is 388 g/mol. The van der Waals surface area contributed by atoms with Crippen molar-refractivity contribution in [1.29, 1.82) is 0 Å². The van der Waals surface area contributed by atoms with Crippen LogP contribution in [-0.2, 0) is 19.6 Å². The summed E-state index contributed by atoms with van der Waals surface area (Å²) in [4.78, 5) is 23.8. The van der Waals surface area contributed by atoms with Crippen LogP contribution >= 0.6 is 11.6 Å². The maximum atomic E-state index is 12.1. The lowest BCUT2D eigenvalue weighted by Crippen LogP contribution is -2.43. The molecule has 0 atom stereocenters. The largest absolute Gasteiger partial charge is 0.379 e. The molecule has 1 aromatic carbocycles. The average Bonchev–Trinajstić information content (AvgIpc) is 2.60. The van der Waals surface area contributed by atoms with Crippen LogP contribution in [-0.4, -0.2) is 63.0 Å². The zero-order valence-electron chi connectivity index (χ0n) is 13.7. The average molecular weight is 389 g/mol. The van der Waals surface area contributed by atoms with E-state index in [2.05, 4.69) is 5.32 Å². The van der Waals surface area contributed by atoms with E-state index in [1.54, 1.807) is 24.3 Å². The van der Waals surface area contributed by atoms with E-state index in [9.17, 15) is 18.0 Å². The van der Waals surface area contributed by atoms with E-state index in [1.807, 2.05) is 0 Å². The fourth-order valence-corrected chi connectivity index (χ4v) is 3.91. The lowest BCUT2D eigenvalue weighted by Gasteiger charge is -2.26. The number of rotatable bonds is 8. The Kier molecular flexibility index (Phi) is 7.37. The number of carbonyl (C=O) groups excluding carboxylic acids is 2. The van der Waals surface area contributed by atoms with Gasteiger partial charge >= 0.3 is 0 Å². The Labute approximate surface area is 152 Å². The molecule has 1 N–H and O–H groups in total. The van der Waals surface area contributed by atoms with Crippen LogP contribution in [0.25, 0.3) is 0 Å². The lowest BCUT2D eigenvalue weighted by molar-refractivity contribution is -0.120. The molecule has 7 nitrogen and oxygen atoms in total. The Hall–Kier alpha value is -1.48. The van der Waals surface area contributed by atoms with Crippen molar-refractivity contribution in [2.24, 2.45) is 0 Å². The summed E-state index contributed by atoms with van der Waals surface area (Å²) in [6, 6.07) is 6.53. The van der Waals surface area contributed by atoms with Crippen LogP contribution in [0.15, 0.2) is 24.3 Å². The molecule has 138 valence electrons. The molecule has 0 aromatic heterocycles. The van der Waals surface area contributed by atoms with Crippen LogP contribution in [0.1, 0.15) is 23.2 Å². The van der Waals surface area contributed by atoms with Gasteiger partial charge < -0.3 is 10.1 Å². The molecular weight excluding hydrogens is 368 g/mol. The first-order valence-corrected chi connectivity index (χ1v) is 9.98. The van der Waals surface area contributed by atoms with Crippen LogP contribution < -0.4 is 5.32 Å². The van der Waals surface area contributed by atoms with Crippen molar-refractivity contribution >= 4 is 33.3 Å². The maximum absolute atomic E-state index is 12.1. The predicted octanol–water partition coefficient (Wildman–Crippen LogP) is 1.08. The fraction of sp³-hybridized carbons (Fsp3) is 0.500. The number of benzene rings is 1. The van der Waals surface area contributed by atoms with E-state index >= 15 is 0 Å². The summed E-state index contributed by atoms with van der Waals surface area (Å²) in [6.07, 6.45) is 0.0470. The summed E-state index contributed by atoms with van der Waals surface area (Å²) in [5.41, 5.74) is 0.454. The van der Waals surface area contributed by atoms with Gasteiger partial charge in [-0.25, -0.2) is 8.42 Å². The number of hydrogen-bond acceptors (Lipinski definition) is 5. The Morgan fingerprint density at radius 2 is 1.92 bits per heavy atom. The SMILES string of the molecule is O=C(CCC(=O)c1cccc(Cl)c1)NCCS(=O)(=O)N1CCOCC1. The molecule has 0 unspecified atom stereocenters. The molecule has 25 heavy (non-hydrogen) atoms. The van der Waals surface area contributed by atoms with Crippen molar-refractivity contribution in [2.45, 2.75) is 12.8 Å². The molecular formula is C16H21ClN2O5S. The molecule has 0 aliphatic carbocycles. The number of amides is 1. The van der Waals surface area contributed by atoms with Crippen molar-refractivity contribution in [2.75, 3.05) is 38.6 Å². The molecule has 1 fully saturated rings. The van der Waals surface area contributed by atoms with Crippen LogP contribution in [0.5, 0.6) is 0 Å². The Bertz CT molecular complexity index is 717. The van der Waals surface area contributed by atoms with Gasteiger partial charge in [-0.2, -0.15) is 4.31 Å². The third-order valence-electron chi connectivity index (χ3n) is 3.77. The highest BCUT2D eigenvalue weighted by Crippen LogP contribution is 2.13. The standard InChI is InChI=1S/C16H21ClN2O5S/c17-14-3-1-2-13(12-14)15(20)4-5-16(21)18-6-11-25(22,23)19-7-9-24-10-8-19/h1-3,12H,4-11H2,(H,18,21). The van der Waals surface area contributed by atoms with Gasteiger partial charge in [0.05, 0.1) is 19.0 Å². The van der Waals surface area contributed by atoms with E-state index in [0.717, 1.165) is 0 Å². The van der Waals surface area contributed by atoms with Gasteiger partial charge in [0.15, 0.2) is 5.78 Å². The van der Waals surface area contributed by atoms with Gasteiger partial charge in [-0.05, 0) is 12.1 Å². The minimum atomic E-state index is -3.40. The summed E-state index contributed by atoms with van der Waals surface area (Å²) in [6.45, 7) is 1.47. The lowest BCUT2D eigenvalue weighted by atomic mass is 10.1. The highest BCUT2D eigenvalue weighted by molar-refractivity contribution is 7.89. The van der Waals surface area contributed by atoms with Gasteiger partial charge in [-0.15, -0.1) is 0 Å². The summed E-state index contributed by atoms with van der Waals surface area (Å²) in [7, 11) is -3.40. The van der Waals surface area contributed by atoms with Crippen molar-refractivity contribution in [3.8, 4) is 0 Å². The van der Waals surface area contributed by atoms with Crippen LogP contribution in [0.3, 0.4) is 0 Å². The van der Waals surface area contributed by atoms with Gasteiger partial charge in [0.1, 0.15) is 0 Å². The van der Waals surface area contributed by atoms with E-state index in [4.69, 9.17) is 16.3 Å². The number of nitrogens with one attached hydrogen (secondary N) is 1. The Morgan fingerprint density at radius 3 is 2.60 bits per heavy atom. The second kappa shape index (κ2) is 9.28. The molecule has 1 saturated heterocycles. The highest BCUT2D eigenvalue weighted by atomic mass is 35.5. The summed E-state index contributed by atoms with van der Waals surface area (Å²) in [5.74, 6) is -0.702. The smallest absolute Gasteiger partial charge is 0.220 e. The summed E-state index contributed by atoms with van der Waals surface area (Å²) >= 11 is 5.83. The number of nitrogens with zero attached hydrogens (tertiary/aromatic N) is 1. The third-order valence-corrected chi connectivity index (χ3v) is 5.88. The third kappa shape index (κ3) is 6.39. The number of ketones is 1. The fourth-order valence-electron chi connectivity index (χ4n) is 2.40. The van der Waals surface area contributed by atoms with Gasteiger partial charge in [0, 0.05) is 43.1 Å². The first kappa shape index (κ1) is 19.8. The zero-order valence-corrected chi connectivity index (χ0v) is 15.3. The van der Waals surface area contributed by atoms with Gasteiger partial charge in [0.25, 0.3) is 0 Å². The molecule has 0 saturated carbocycles. The Balaban J connectivity index is 1.71. The number of ether oxygens (including phenoxy) is 1. The maximum Gasteiger partial charge on any atom is 0.220 e. The molecule has 1 aromatic rings. The zero-order chi connectivity index (χ0) is 18.3. The topological polar surface area (TPSA) is 92.8 Å². The molecule has 0 spiro atoms. The van der Waals surface area contributed by atoms with Gasteiger partial charge in [-0.3, -0.25) is 9.59 Å². The predicted molar refractivity (Wildman–Crippen MR) is 94.2 cm³/mol. The molecule has 2 rings (SSSR count). The first-order valence-electron chi connectivity index (χ1n) is 7.99. The summed E-state index contributed by atoms with van der Waals surface area (Å²) in [5, 5.41) is 3.00. The first-order chi connectivity index (χ1) is 11.9. The van der Waals surface area contributed by atoms with E-state index < -0.39 is 10.0 Å². The number of carbonyl (C=O) groups is 2. The van der Waals surface area contributed by atoms with Gasteiger partial charge in [0.2, 0.25) is 15.9 Å². The molecule has 0 radical (unpaired) electrons. The second-order valence-electron chi connectivity index (χ2n) is 5.61. The minimum Gasteiger partial charge on any atom is -0.379 e. The second-order valence-corrected chi connectivity index (χ2v) is 8.14. The van der Waals surface area contributed by atoms with Crippen molar-refractivity contribution in [3.05, 3.63) is 34.9 Å². The van der Waals surface area contributed by atoms with Crippen LogP contribution in [0.2, 0.25) is 5.02 Å². The minimum absolute atomic E-state index is 0.00293. The highest BCUT2D eigenvalue weighted by Gasteiger charge is 2.23. The van der Waals surface area contributed by atoms with E-state index in [1.165, 1.54) is 4.31 Å². The van der Waals surface area contributed by atoms with Crippen molar-refractivity contribution in [1.82, 2.24) is 9.62 Å². The number of Topliss-reactive ketones (excluding diaryl/α,β-unsaturated/α-hetero) is 1. The van der Waals surface area contributed by atoms with Crippen LogP contribution in [0, 0.1) is 0 Å². The van der Waals surface area contributed by atoms with Crippen molar-refractivity contribution < 1.29 is 22.7 Å². The van der Waals surface area contributed by atoms with Crippen molar-refractivity contribution in [3.63, 3.8) is 0 Å². The number of sulfonamides is 1. The normalized spacial score (nSPS) is 15.7. The number of halogens is 1. The molecule has 1 aliphatic heterocycles. The molecule has 1 aliphatic rings. The van der Waals surface area contributed by atoms with E-state index in [0.29, 0.717) is 36.9 Å². The molecule has 1 heterocycles. The van der Waals surface area contributed by atoms with Gasteiger partial charge in [-0.1, -0.05) is 23.7 Å². The van der Waals surface area contributed by atoms with E-state index in [-0.39, 0.29) is 36.8 Å². The van der Waals surface area contributed by atoms with Crippen LogP contribution in [0.4, 0.5) is 0 Å². The quantitative estimate of drug-likeness (QED) is 0.673. The number of morpholine rings is 1. The number of hydrogen-bond donors (Lipinski definition) is 1. The molecule has 9 heteroatoms. The molecule has 0 bridgehead atoms. The summed E-state index contributed by atoms with van der Waals surface area (Å²) < 4.78 is 30.7. The Morgan fingerprint density at radius 1 is 1.20 bits per heavy atom.